The lowest BCUT2D eigenvalue weighted by atomic mass is 10.0. The van der Waals surface area contributed by atoms with Crippen LogP contribution < -0.4 is 10.6 Å². The molecule has 0 spiro atoms. The lowest BCUT2D eigenvalue weighted by Gasteiger charge is -2.22. The highest BCUT2D eigenvalue weighted by atomic mass is 127. The first kappa shape index (κ1) is 19.3. The summed E-state index contributed by atoms with van der Waals surface area (Å²) in [6.07, 6.45) is 0. The summed E-state index contributed by atoms with van der Waals surface area (Å²) in [5.74, 6) is -3.65. The third-order valence-electron chi connectivity index (χ3n) is 3.52. The number of benzene rings is 2. The molecule has 1 atom stereocenters. The standard InChI is InChI=1S/C18H17F2IN2O2/c1-10(2)16(18(25)22-12-6-3-5-11(21)9-12)23-17(24)15-13(19)7-4-8-14(15)20/h3-10,16H,1-2H3,(H,22,25)(H,23,24). The second-order valence-corrected chi connectivity index (χ2v) is 7.04. The molecule has 0 fully saturated rings. The van der Waals surface area contributed by atoms with Gasteiger partial charge in [0.15, 0.2) is 0 Å². The fourth-order valence-corrected chi connectivity index (χ4v) is 2.79. The van der Waals surface area contributed by atoms with Gasteiger partial charge in [0.05, 0.1) is 0 Å². The molecule has 25 heavy (non-hydrogen) atoms. The van der Waals surface area contributed by atoms with Gasteiger partial charge in [0, 0.05) is 9.26 Å². The lowest BCUT2D eigenvalue weighted by molar-refractivity contribution is -0.118. The number of amides is 2. The Labute approximate surface area is 158 Å². The quantitative estimate of drug-likeness (QED) is 0.667. The van der Waals surface area contributed by atoms with E-state index in [9.17, 15) is 18.4 Å². The fourth-order valence-electron chi connectivity index (χ4n) is 2.25. The van der Waals surface area contributed by atoms with Crippen LogP contribution in [0.2, 0.25) is 0 Å². The van der Waals surface area contributed by atoms with Crippen LogP contribution in [0.3, 0.4) is 0 Å². The molecule has 2 aromatic carbocycles. The number of carbonyl (C=O) groups excluding carboxylic acids is 2. The smallest absolute Gasteiger partial charge is 0.257 e. The highest BCUT2D eigenvalue weighted by Gasteiger charge is 2.27. The Kier molecular flexibility index (Phi) is 6.46. The molecular formula is C18H17F2IN2O2. The predicted molar refractivity (Wildman–Crippen MR) is 100 cm³/mol. The molecule has 0 saturated carbocycles. The molecule has 2 N–H and O–H groups in total. The molecule has 1 unspecified atom stereocenters. The van der Waals surface area contributed by atoms with Crippen molar-refractivity contribution >= 4 is 40.1 Å². The molecule has 7 heteroatoms. The van der Waals surface area contributed by atoms with Crippen LogP contribution in [0.1, 0.15) is 24.2 Å². The van der Waals surface area contributed by atoms with Crippen molar-refractivity contribution in [2.24, 2.45) is 5.92 Å². The van der Waals surface area contributed by atoms with Crippen molar-refractivity contribution in [3.63, 3.8) is 0 Å². The van der Waals surface area contributed by atoms with E-state index in [1.54, 1.807) is 32.0 Å². The van der Waals surface area contributed by atoms with Crippen LogP contribution in [0.5, 0.6) is 0 Å². The Morgan fingerprint density at radius 3 is 2.20 bits per heavy atom. The molecule has 0 heterocycles. The third-order valence-corrected chi connectivity index (χ3v) is 4.19. The first-order valence-corrected chi connectivity index (χ1v) is 8.68. The van der Waals surface area contributed by atoms with Gasteiger partial charge in [-0.1, -0.05) is 26.0 Å². The second kappa shape index (κ2) is 8.37. The summed E-state index contributed by atoms with van der Waals surface area (Å²) < 4.78 is 28.4. The Balaban J connectivity index is 2.18. The molecule has 0 bridgehead atoms. The molecule has 0 saturated heterocycles. The molecule has 132 valence electrons. The number of rotatable bonds is 5. The zero-order valence-corrected chi connectivity index (χ0v) is 15.8. The van der Waals surface area contributed by atoms with E-state index in [-0.39, 0.29) is 5.92 Å². The number of halogens is 3. The summed E-state index contributed by atoms with van der Waals surface area (Å²) in [5.41, 5.74) is -0.121. The minimum atomic E-state index is -0.974. The molecule has 2 rings (SSSR count). The van der Waals surface area contributed by atoms with E-state index >= 15 is 0 Å². The van der Waals surface area contributed by atoms with Crippen molar-refractivity contribution in [3.05, 3.63) is 63.2 Å². The maximum atomic E-state index is 13.7. The van der Waals surface area contributed by atoms with Gasteiger partial charge in [0.1, 0.15) is 23.2 Å². The van der Waals surface area contributed by atoms with Crippen LogP contribution in [-0.4, -0.2) is 17.9 Å². The largest absolute Gasteiger partial charge is 0.340 e. The van der Waals surface area contributed by atoms with E-state index in [0.29, 0.717) is 5.69 Å². The third kappa shape index (κ3) is 4.97. The van der Waals surface area contributed by atoms with E-state index in [0.717, 1.165) is 15.7 Å². The van der Waals surface area contributed by atoms with Crippen molar-refractivity contribution in [3.8, 4) is 0 Å². The van der Waals surface area contributed by atoms with Gasteiger partial charge in [0.2, 0.25) is 5.91 Å². The normalized spacial score (nSPS) is 11.9. The van der Waals surface area contributed by atoms with Crippen LogP contribution in [0.25, 0.3) is 0 Å². The van der Waals surface area contributed by atoms with Gasteiger partial charge >= 0.3 is 0 Å². The molecular weight excluding hydrogens is 441 g/mol. The maximum Gasteiger partial charge on any atom is 0.257 e. The van der Waals surface area contributed by atoms with Crippen molar-refractivity contribution in [1.82, 2.24) is 5.32 Å². The maximum absolute atomic E-state index is 13.7. The number of carbonyl (C=O) groups is 2. The van der Waals surface area contributed by atoms with Crippen molar-refractivity contribution in [2.75, 3.05) is 5.32 Å². The van der Waals surface area contributed by atoms with E-state index in [1.165, 1.54) is 6.07 Å². The van der Waals surface area contributed by atoms with Gasteiger partial charge < -0.3 is 10.6 Å². The average molecular weight is 458 g/mol. The molecule has 4 nitrogen and oxygen atoms in total. The predicted octanol–water partition coefficient (Wildman–Crippen LogP) is 3.96. The highest BCUT2D eigenvalue weighted by molar-refractivity contribution is 14.1. The van der Waals surface area contributed by atoms with E-state index in [2.05, 4.69) is 33.2 Å². The number of nitrogens with one attached hydrogen (secondary N) is 2. The van der Waals surface area contributed by atoms with Gasteiger partial charge in [0.25, 0.3) is 5.91 Å². The summed E-state index contributed by atoms with van der Waals surface area (Å²) in [4.78, 5) is 24.7. The van der Waals surface area contributed by atoms with Crippen molar-refractivity contribution < 1.29 is 18.4 Å². The van der Waals surface area contributed by atoms with E-state index < -0.39 is 35.1 Å². The molecule has 0 aliphatic heterocycles. The molecule has 0 aromatic heterocycles. The molecule has 2 amide bonds. The van der Waals surface area contributed by atoms with Crippen LogP contribution >= 0.6 is 22.6 Å². The van der Waals surface area contributed by atoms with Gasteiger partial charge in [-0.25, -0.2) is 8.78 Å². The number of hydrogen-bond donors (Lipinski definition) is 2. The number of anilines is 1. The Morgan fingerprint density at radius 1 is 1.04 bits per heavy atom. The van der Waals surface area contributed by atoms with Gasteiger partial charge in [-0.2, -0.15) is 0 Å². The topological polar surface area (TPSA) is 58.2 Å². The van der Waals surface area contributed by atoms with Crippen LogP contribution in [-0.2, 0) is 4.79 Å². The monoisotopic (exact) mass is 458 g/mol. The Hall–Kier alpha value is -2.03. The van der Waals surface area contributed by atoms with E-state index in [1.807, 2.05) is 6.07 Å². The molecule has 0 aliphatic carbocycles. The zero-order chi connectivity index (χ0) is 18.6. The summed E-state index contributed by atoms with van der Waals surface area (Å²) in [6, 6.07) is 9.37. The average Bonchev–Trinajstić information content (AvgIpc) is 2.52. The van der Waals surface area contributed by atoms with Gasteiger partial charge in [-0.15, -0.1) is 0 Å². The Morgan fingerprint density at radius 2 is 1.64 bits per heavy atom. The second-order valence-electron chi connectivity index (χ2n) is 5.79. The van der Waals surface area contributed by atoms with Crippen molar-refractivity contribution in [2.45, 2.75) is 19.9 Å². The highest BCUT2D eigenvalue weighted by Crippen LogP contribution is 2.16. The molecule has 0 aliphatic rings. The minimum Gasteiger partial charge on any atom is -0.340 e. The van der Waals surface area contributed by atoms with Crippen LogP contribution in [0.4, 0.5) is 14.5 Å². The Bertz CT molecular complexity index is 776. The minimum absolute atomic E-state index is 0.276. The number of hydrogen-bond acceptors (Lipinski definition) is 2. The zero-order valence-electron chi connectivity index (χ0n) is 13.6. The summed E-state index contributed by atoms with van der Waals surface area (Å²) in [5, 5.41) is 5.12. The van der Waals surface area contributed by atoms with Crippen LogP contribution in [0, 0.1) is 21.1 Å². The molecule has 0 radical (unpaired) electrons. The first-order valence-electron chi connectivity index (χ1n) is 7.61. The summed E-state index contributed by atoms with van der Waals surface area (Å²) in [7, 11) is 0. The van der Waals surface area contributed by atoms with Gasteiger partial charge in [-0.3, -0.25) is 9.59 Å². The summed E-state index contributed by atoms with van der Waals surface area (Å²) >= 11 is 2.11. The SMILES string of the molecule is CC(C)C(NC(=O)c1c(F)cccc1F)C(=O)Nc1cccc(I)c1. The van der Waals surface area contributed by atoms with E-state index in [4.69, 9.17) is 0 Å². The van der Waals surface area contributed by atoms with Crippen molar-refractivity contribution in [1.29, 1.82) is 0 Å². The summed E-state index contributed by atoms with van der Waals surface area (Å²) in [6.45, 7) is 3.47. The lowest BCUT2D eigenvalue weighted by Crippen LogP contribution is -2.47. The first-order chi connectivity index (χ1) is 11.8. The van der Waals surface area contributed by atoms with Crippen LogP contribution in [0.15, 0.2) is 42.5 Å². The van der Waals surface area contributed by atoms with Gasteiger partial charge in [-0.05, 0) is 58.8 Å². The fraction of sp³-hybridized carbons (Fsp3) is 0.222. The molecule has 2 aromatic rings.